The largest absolute Gasteiger partial charge is 0.480 e. The van der Waals surface area contributed by atoms with Gasteiger partial charge in [-0.1, -0.05) is 0 Å². The minimum atomic E-state index is -0.768. The highest BCUT2D eigenvalue weighted by Gasteiger charge is 2.19. The Morgan fingerprint density at radius 2 is 2.12 bits per heavy atom. The van der Waals surface area contributed by atoms with Crippen LogP contribution in [-0.2, 0) is 4.79 Å². The first-order valence-corrected chi connectivity index (χ1v) is 5.21. The third kappa shape index (κ3) is 2.66. The molecule has 0 unspecified atom stereocenters. The van der Waals surface area contributed by atoms with Crippen molar-refractivity contribution in [2.75, 3.05) is 37.6 Å². The van der Waals surface area contributed by atoms with E-state index in [-0.39, 0.29) is 6.54 Å². The van der Waals surface area contributed by atoms with Crippen molar-refractivity contribution >= 4 is 11.8 Å². The van der Waals surface area contributed by atoms with E-state index in [4.69, 9.17) is 5.11 Å². The quantitative estimate of drug-likeness (QED) is 0.756. The maximum atomic E-state index is 10.5. The van der Waals surface area contributed by atoms with Crippen LogP contribution in [0.5, 0.6) is 0 Å². The fraction of sp³-hybridized carbons (Fsp3) is 0.500. The van der Waals surface area contributed by atoms with Crippen molar-refractivity contribution in [2.24, 2.45) is 0 Å². The van der Waals surface area contributed by atoms with Crippen molar-refractivity contribution in [2.45, 2.75) is 0 Å². The topological polar surface area (TPSA) is 69.6 Å². The Hall–Kier alpha value is -1.69. The van der Waals surface area contributed by atoms with Gasteiger partial charge in [-0.2, -0.15) is 0 Å². The maximum absolute atomic E-state index is 10.5. The molecule has 2 rings (SSSR count). The van der Waals surface area contributed by atoms with E-state index in [1.54, 1.807) is 6.20 Å². The second-order valence-corrected chi connectivity index (χ2v) is 3.72. The Bertz CT molecular complexity index is 349. The summed E-state index contributed by atoms with van der Waals surface area (Å²) >= 11 is 0. The smallest absolute Gasteiger partial charge is 0.317 e. The van der Waals surface area contributed by atoms with Crippen LogP contribution in [-0.4, -0.2) is 58.7 Å². The van der Waals surface area contributed by atoms with Crippen molar-refractivity contribution < 1.29 is 9.90 Å². The zero-order valence-electron chi connectivity index (χ0n) is 8.91. The number of anilines is 1. The third-order valence-electron chi connectivity index (χ3n) is 2.62. The summed E-state index contributed by atoms with van der Waals surface area (Å²) in [6.07, 6.45) is 3.24. The minimum absolute atomic E-state index is 0.123. The number of hydrogen-bond acceptors (Lipinski definition) is 5. The van der Waals surface area contributed by atoms with E-state index >= 15 is 0 Å². The average molecular weight is 222 g/mol. The standard InChI is InChI=1S/C10H14N4O2/c15-10(16)7-13-3-5-14(6-4-13)9-1-2-11-8-12-9/h1-2,8H,3-7H2,(H,15,16). The molecule has 86 valence electrons. The zero-order chi connectivity index (χ0) is 11.4. The van der Waals surface area contributed by atoms with E-state index in [1.807, 2.05) is 11.0 Å². The molecule has 6 heteroatoms. The summed E-state index contributed by atoms with van der Waals surface area (Å²) in [6, 6.07) is 1.87. The average Bonchev–Trinajstić information content (AvgIpc) is 2.30. The van der Waals surface area contributed by atoms with Gasteiger partial charge in [-0.05, 0) is 6.07 Å². The van der Waals surface area contributed by atoms with E-state index in [2.05, 4.69) is 14.9 Å². The number of piperazine rings is 1. The molecule has 0 aliphatic carbocycles. The van der Waals surface area contributed by atoms with Crippen molar-refractivity contribution in [3.05, 3.63) is 18.6 Å². The molecule has 0 saturated carbocycles. The molecular formula is C10H14N4O2. The number of hydrogen-bond donors (Lipinski definition) is 1. The molecule has 1 aliphatic heterocycles. The molecule has 6 nitrogen and oxygen atoms in total. The highest BCUT2D eigenvalue weighted by atomic mass is 16.4. The molecule has 1 N–H and O–H groups in total. The van der Waals surface area contributed by atoms with Crippen LogP contribution in [0.2, 0.25) is 0 Å². The Balaban J connectivity index is 1.88. The zero-order valence-corrected chi connectivity index (χ0v) is 8.91. The van der Waals surface area contributed by atoms with Gasteiger partial charge in [0.05, 0.1) is 6.54 Å². The first-order valence-electron chi connectivity index (χ1n) is 5.21. The number of aromatic nitrogens is 2. The van der Waals surface area contributed by atoms with Gasteiger partial charge in [0.15, 0.2) is 0 Å². The third-order valence-corrected chi connectivity index (χ3v) is 2.62. The van der Waals surface area contributed by atoms with Gasteiger partial charge in [-0.25, -0.2) is 9.97 Å². The minimum Gasteiger partial charge on any atom is -0.480 e. The molecule has 1 aromatic rings. The fourth-order valence-corrected chi connectivity index (χ4v) is 1.80. The van der Waals surface area contributed by atoms with E-state index in [1.165, 1.54) is 6.33 Å². The Morgan fingerprint density at radius 1 is 1.38 bits per heavy atom. The molecule has 2 heterocycles. The molecule has 0 spiro atoms. The fourth-order valence-electron chi connectivity index (χ4n) is 1.80. The van der Waals surface area contributed by atoms with E-state index in [0.717, 1.165) is 32.0 Å². The first-order chi connectivity index (χ1) is 7.75. The van der Waals surface area contributed by atoms with Gasteiger partial charge >= 0.3 is 5.97 Å². The number of nitrogens with zero attached hydrogens (tertiary/aromatic N) is 4. The van der Waals surface area contributed by atoms with E-state index in [0.29, 0.717) is 0 Å². The lowest BCUT2D eigenvalue weighted by molar-refractivity contribution is -0.138. The van der Waals surface area contributed by atoms with Gasteiger partial charge in [0.2, 0.25) is 0 Å². The first kappa shape index (κ1) is 10.8. The highest BCUT2D eigenvalue weighted by molar-refractivity contribution is 5.69. The van der Waals surface area contributed by atoms with Gasteiger partial charge in [0.25, 0.3) is 0 Å². The summed E-state index contributed by atoms with van der Waals surface area (Å²) in [7, 11) is 0. The summed E-state index contributed by atoms with van der Waals surface area (Å²) < 4.78 is 0. The van der Waals surface area contributed by atoms with Crippen molar-refractivity contribution in [3.63, 3.8) is 0 Å². The molecule has 0 radical (unpaired) electrons. The molecule has 0 atom stereocenters. The molecule has 0 aromatic carbocycles. The monoisotopic (exact) mass is 222 g/mol. The summed E-state index contributed by atoms with van der Waals surface area (Å²) in [5.74, 6) is 0.139. The Morgan fingerprint density at radius 3 is 2.69 bits per heavy atom. The second-order valence-electron chi connectivity index (χ2n) is 3.72. The van der Waals surface area contributed by atoms with Crippen molar-refractivity contribution in [3.8, 4) is 0 Å². The molecule has 1 aromatic heterocycles. The Labute approximate surface area is 93.5 Å². The van der Waals surface area contributed by atoms with Crippen LogP contribution in [0, 0.1) is 0 Å². The van der Waals surface area contributed by atoms with Crippen LogP contribution in [0.1, 0.15) is 0 Å². The summed E-state index contributed by atoms with van der Waals surface area (Å²) in [5.41, 5.74) is 0. The summed E-state index contributed by atoms with van der Waals surface area (Å²) in [5, 5.41) is 8.67. The molecule has 16 heavy (non-hydrogen) atoms. The van der Waals surface area contributed by atoms with E-state index < -0.39 is 5.97 Å². The van der Waals surface area contributed by atoms with Crippen LogP contribution in [0.15, 0.2) is 18.6 Å². The molecule has 1 aliphatic rings. The highest BCUT2D eigenvalue weighted by Crippen LogP contribution is 2.11. The molecule has 1 saturated heterocycles. The Kier molecular flexibility index (Phi) is 3.31. The van der Waals surface area contributed by atoms with Crippen LogP contribution in [0.3, 0.4) is 0 Å². The number of aliphatic carboxylic acids is 1. The maximum Gasteiger partial charge on any atom is 0.317 e. The lowest BCUT2D eigenvalue weighted by Crippen LogP contribution is -2.48. The number of carbonyl (C=O) groups is 1. The van der Waals surface area contributed by atoms with Crippen LogP contribution in [0.25, 0.3) is 0 Å². The number of carboxylic acid groups (broad SMARTS) is 1. The predicted molar refractivity (Wildman–Crippen MR) is 58.3 cm³/mol. The van der Waals surface area contributed by atoms with Crippen LogP contribution < -0.4 is 4.90 Å². The number of carboxylic acids is 1. The second kappa shape index (κ2) is 4.89. The van der Waals surface area contributed by atoms with Crippen molar-refractivity contribution in [1.82, 2.24) is 14.9 Å². The molecule has 0 bridgehead atoms. The van der Waals surface area contributed by atoms with Crippen LogP contribution in [0.4, 0.5) is 5.82 Å². The normalized spacial score (nSPS) is 17.4. The SMILES string of the molecule is O=C(O)CN1CCN(c2ccncn2)CC1. The lowest BCUT2D eigenvalue weighted by Gasteiger charge is -2.34. The molecule has 0 amide bonds. The van der Waals surface area contributed by atoms with E-state index in [9.17, 15) is 4.79 Å². The van der Waals surface area contributed by atoms with Gasteiger partial charge < -0.3 is 10.0 Å². The van der Waals surface area contributed by atoms with Gasteiger partial charge in [0.1, 0.15) is 12.1 Å². The predicted octanol–water partition coefficient (Wildman–Crippen LogP) is -0.317. The van der Waals surface area contributed by atoms with Gasteiger partial charge in [-0.3, -0.25) is 9.69 Å². The van der Waals surface area contributed by atoms with Gasteiger partial charge in [-0.15, -0.1) is 0 Å². The summed E-state index contributed by atoms with van der Waals surface area (Å²) in [4.78, 5) is 22.6. The molecular weight excluding hydrogens is 208 g/mol. The lowest BCUT2D eigenvalue weighted by atomic mass is 10.3. The van der Waals surface area contributed by atoms with Gasteiger partial charge in [0, 0.05) is 32.4 Å². The summed E-state index contributed by atoms with van der Waals surface area (Å²) in [6.45, 7) is 3.26. The molecule has 1 fully saturated rings. The van der Waals surface area contributed by atoms with Crippen molar-refractivity contribution in [1.29, 1.82) is 0 Å². The number of rotatable bonds is 3. The van der Waals surface area contributed by atoms with Crippen LogP contribution >= 0.6 is 0 Å².